The Morgan fingerprint density at radius 3 is 2.00 bits per heavy atom. The molecule has 0 aromatic heterocycles. The molecular weight excluding hydrogens is 291 g/mol. The Balaban J connectivity index is 2.03. The van der Waals surface area contributed by atoms with Crippen LogP contribution in [-0.2, 0) is 6.42 Å². The van der Waals surface area contributed by atoms with Gasteiger partial charge in [-0.25, -0.2) is 4.39 Å². The second-order valence-electron chi connectivity index (χ2n) is 6.08. The molecule has 2 atom stereocenters. The van der Waals surface area contributed by atoms with Gasteiger partial charge in [-0.3, -0.25) is 0 Å². The number of aryl methyl sites for hydroxylation is 1. The van der Waals surface area contributed by atoms with Crippen LogP contribution in [0.1, 0.15) is 37.3 Å². The standard InChI is InChI=1S/C20H25FO2/c1-14(5-6-16-7-9-18(21)10-8-16)15(2)17-11-19(22-3)13-20(12-17)23-4/h7-15H,5-6H2,1-4H3/t14-,15-/m0/s1. The summed E-state index contributed by atoms with van der Waals surface area (Å²) in [7, 11) is 3.34. The molecule has 0 saturated carbocycles. The molecule has 0 saturated heterocycles. The summed E-state index contributed by atoms with van der Waals surface area (Å²) in [6, 6.07) is 12.8. The van der Waals surface area contributed by atoms with Gasteiger partial charge < -0.3 is 9.47 Å². The summed E-state index contributed by atoms with van der Waals surface area (Å²) in [6.07, 6.45) is 2.00. The molecule has 2 nitrogen and oxygen atoms in total. The minimum atomic E-state index is -0.182. The van der Waals surface area contributed by atoms with Crippen LogP contribution in [0.25, 0.3) is 0 Å². The van der Waals surface area contributed by atoms with Crippen LogP contribution in [0, 0.1) is 11.7 Å². The predicted molar refractivity (Wildman–Crippen MR) is 91.8 cm³/mol. The molecule has 0 unspecified atom stereocenters. The molecular formula is C20H25FO2. The van der Waals surface area contributed by atoms with E-state index in [0.29, 0.717) is 11.8 Å². The highest BCUT2D eigenvalue weighted by Crippen LogP contribution is 2.33. The maximum Gasteiger partial charge on any atom is 0.123 e. The van der Waals surface area contributed by atoms with Crippen LogP contribution in [-0.4, -0.2) is 14.2 Å². The van der Waals surface area contributed by atoms with Crippen LogP contribution in [0.2, 0.25) is 0 Å². The number of hydrogen-bond acceptors (Lipinski definition) is 2. The van der Waals surface area contributed by atoms with Crippen LogP contribution in [0.5, 0.6) is 11.5 Å². The summed E-state index contributed by atoms with van der Waals surface area (Å²) >= 11 is 0. The molecule has 0 heterocycles. The molecule has 0 radical (unpaired) electrons. The maximum atomic E-state index is 13.0. The molecule has 2 rings (SSSR count). The van der Waals surface area contributed by atoms with Crippen molar-refractivity contribution in [2.45, 2.75) is 32.6 Å². The van der Waals surface area contributed by atoms with Gasteiger partial charge in [0.25, 0.3) is 0 Å². The molecule has 0 N–H and O–H groups in total. The zero-order chi connectivity index (χ0) is 16.8. The fourth-order valence-corrected chi connectivity index (χ4v) is 2.72. The van der Waals surface area contributed by atoms with Crippen molar-refractivity contribution in [1.29, 1.82) is 0 Å². The van der Waals surface area contributed by atoms with Crippen LogP contribution < -0.4 is 9.47 Å². The molecule has 0 bridgehead atoms. The van der Waals surface area contributed by atoms with Crippen molar-refractivity contribution >= 4 is 0 Å². The van der Waals surface area contributed by atoms with E-state index in [0.717, 1.165) is 24.3 Å². The number of ether oxygens (including phenoxy) is 2. The molecule has 0 fully saturated rings. The fraction of sp³-hybridized carbons (Fsp3) is 0.400. The van der Waals surface area contributed by atoms with E-state index in [1.165, 1.54) is 23.3 Å². The number of halogens is 1. The minimum Gasteiger partial charge on any atom is -0.497 e. The first-order valence-electron chi connectivity index (χ1n) is 8.01. The topological polar surface area (TPSA) is 18.5 Å². The Morgan fingerprint density at radius 2 is 1.48 bits per heavy atom. The van der Waals surface area contributed by atoms with Gasteiger partial charge in [0.05, 0.1) is 14.2 Å². The Labute approximate surface area is 138 Å². The molecule has 2 aromatic carbocycles. The lowest BCUT2D eigenvalue weighted by Crippen LogP contribution is -2.08. The van der Waals surface area contributed by atoms with E-state index in [4.69, 9.17) is 9.47 Å². The van der Waals surface area contributed by atoms with Crippen LogP contribution in [0.4, 0.5) is 4.39 Å². The first kappa shape index (κ1) is 17.3. The Kier molecular flexibility index (Phi) is 6.03. The third-order valence-corrected chi connectivity index (χ3v) is 4.55. The van der Waals surface area contributed by atoms with Gasteiger partial charge in [-0.15, -0.1) is 0 Å². The van der Waals surface area contributed by atoms with Gasteiger partial charge in [0.1, 0.15) is 17.3 Å². The van der Waals surface area contributed by atoms with Crippen molar-refractivity contribution < 1.29 is 13.9 Å². The number of methoxy groups -OCH3 is 2. The second kappa shape index (κ2) is 8.00. The van der Waals surface area contributed by atoms with Crippen molar-refractivity contribution in [3.8, 4) is 11.5 Å². The third kappa shape index (κ3) is 4.72. The molecule has 0 spiro atoms. The molecule has 3 heteroatoms. The van der Waals surface area contributed by atoms with Crippen molar-refractivity contribution in [3.63, 3.8) is 0 Å². The highest BCUT2D eigenvalue weighted by molar-refractivity contribution is 5.40. The van der Waals surface area contributed by atoms with Gasteiger partial charge in [-0.05, 0) is 60.1 Å². The lowest BCUT2D eigenvalue weighted by atomic mass is 9.85. The summed E-state index contributed by atoms with van der Waals surface area (Å²) < 4.78 is 23.7. The fourth-order valence-electron chi connectivity index (χ4n) is 2.72. The Morgan fingerprint density at radius 1 is 0.913 bits per heavy atom. The number of rotatable bonds is 7. The third-order valence-electron chi connectivity index (χ3n) is 4.55. The average Bonchev–Trinajstić information content (AvgIpc) is 2.59. The normalized spacial score (nSPS) is 13.4. The first-order valence-corrected chi connectivity index (χ1v) is 8.01. The summed E-state index contributed by atoms with van der Waals surface area (Å²) in [6.45, 7) is 4.48. The highest BCUT2D eigenvalue weighted by Gasteiger charge is 2.16. The summed E-state index contributed by atoms with van der Waals surface area (Å²) in [5.41, 5.74) is 2.39. The summed E-state index contributed by atoms with van der Waals surface area (Å²) in [4.78, 5) is 0. The van der Waals surface area contributed by atoms with Crippen molar-refractivity contribution in [2.75, 3.05) is 14.2 Å². The van der Waals surface area contributed by atoms with Gasteiger partial charge in [0, 0.05) is 6.07 Å². The van der Waals surface area contributed by atoms with Gasteiger partial charge in [-0.1, -0.05) is 26.0 Å². The Hall–Kier alpha value is -2.03. The monoisotopic (exact) mass is 316 g/mol. The molecule has 124 valence electrons. The molecule has 0 aliphatic rings. The van der Waals surface area contributed by atoms with Crippen LogP contribution in [0.15, 0.2) is 42.5 Å². The van der Waals surface area contributed by atoms with E-state index in [9.17, 15) is 4.39 Å². The first-order chi connectivity index (χ1) is 11.0. The van der Waals surface area contributed by atoms with Crippen LogP contribution in [0.3, 0.4) is 0 Å². The highest BCUT2D eigenvalue weighted by atomic mass is 19.1. The zero-order valence-electron chi connectivity index (χ0n) is 14.3. The van der Waals surface area contributed by atoms with Gasteiger partial charge in [0.15, 0.2) is 0 Å². The van der Waals surface area contributed by atoms with Crippen molar-refractivity contribution in [3.05, 3.63) is 59.4 Å². The lowest BCUT2D eigenvalue weighted by molar-refractivity contribution is 0.389. The SMILES string of the molecule is COc1cc(OC)cc([C@@H](C)[C@@H](C)CCc2ccc(F)cc2)c1. The van der Waals surface area contributed by atoms with E-state index >= 15 is 0 Å². The smallest absolute Gasteiger partial charge is 0.123 e. The zero-order valence-corrected chi connectivity index (χ0v) is 14.3. The molecule has 2 aromatic rings. The average molecular weight is 316 g/mol. The van der Waals surface area contributed by atoms with E-state index in [1.54, 1.807) is 14.2 Å². The molecule has 0 aliphatic heterocycles. The maximum absolute atomic E-state index is 13.0. The lowest BCUT2D eigenvalue weighted by Gasteiger charge is -2.21. The van der Waals surface area contributed by atoms with Gasteiger partial charge >= 0.3 is 0 Å². The van der Waals surface area contributed by atoms with Crippen molar-refractivity contribution in [2.24, 2.45) is 5.92 Å². The van der Waals surface area contributed by atoms with Crippen molar-refractivity contribution in [1.82, 2.24) is 0 Å². The largest absolute Gasteiger partial charge is 0.497 e. The van der Waals surface area contributed by atoms with E-state index in [1.807, 2.05) is 18.2 Å². The molecule has 23 heavy (non-hydrogen) atoms. The summed E-state index contributed by atoms with van der Waals surface area (Å²) in [5, 5.41) is 0. The predicted octanol–water partition coefficient (Wildman–Crippen LogP) is 5.22. The van der Waals surface area contributed by atoms with E-state index in [2.05, 4.69) is 26.0 Å². The van der Waals surface area contributed by atoms with Gasteiger partial charge in [-0.2, -0.15) is 0 Å². The number of hydrogen-bond donors (Lipinski definition) is 0. The van der Waals surface area contributed by atoms with Gasteiger partial charge in [0.2, 0.25) is 0 Å². The summed E-state index contributed by atoms with van der Waals surface area (Å²) in [5.74, 6) is 2.34. The minimum absolute atomic E-state index is 0.182. The Bertz CT molecular complexity index is 600. The molecule has 0 aliphatic carbocycles. The quantitative estimate of drug-likeness (QED) is 0.697. The van der Waals surface area contributed by atoms with Crippen LogP contribution >= 0.6 is 0 Å². The molecule has 0 amide bonds. The second-order valence-corrected chi connectivity index (χ2v) is 6.08. The number of benzene rings is 2. The van der Waals surface area contributed by atoms with E-state index in [-0.39, 0.29) is 5.82 Å². The van der Waals surface area contributed by atoms with E-state index < -0.39 is 0 Å².